The van der Waals surface area contributed by atoms with Crippen LogP contribution in [0.15, 0.2) is 39.5 Å². The molecule has 6 atom stereocenters. The molecule has 0 saturated heterocycles. The Balaban J connectivity index is 1.56. The third-order valence-electron chi connectivity index (χ3n) is 9.24. The first-order chi connectivity index (χ1) is 16.4. The van der Waals surface area contributed by atoms with E-state index in [9.17, 15) is 14.7 Å². The van der Waals surface area contributed by atoms with E-state index in [4.69, 9.17) is 13.9 Å². The zero-order valence-electron chi connectivity index (χ0n) is 21.9. The Bertz CT molecular complexity index is 1130. The molecule has 2 aliphatic carbocycles. The maximum absolute atomic E-state index is 12.6. The minimum Gasteiger partial charge on any atom is -0.493 e. The SMILES string of the molecule is CCC(C)C(=O)OC1CCC2(C)C(COc3ccc4ccc(=O)oc4c3)C(C)(O)CCC2C1(C)C. The van der Waals surface area contributed by atoms with Crippen LogP contribution in [-0.4, -0.2) is 29.4 Å². The molecule has 2 saturated carbocycles. The second-order valence-corrected chi connectivity index (χ2v) is 11.9. The quantitative estimate of drug-likeness (QED) is 0.416. The first-order valence-electron chi connectivity index (χ1n) is 13.0. The molecule has 0 aliphatic heterocycles. The Labute approximate surface area is 208 Å². The average Bonchev–Trinajstić information content (AvgIpc) is 2.79. The van der Waals surface area contributed by atoms with Crippen LogP contribution in [0.25, 0.3) is 11.0 Å². The topological polar surface area (TPSA) is 86.0 Å². The molecule has 192 valence electrons. The number of ether oxygens (including phenoxy) is 2. The lowest BCUT2D eigenvalue weighted by atomic mass is 9.45. The molecule has 0 spiro atoms. The molecule has 2 aliphatic rings. The lowest BCUT2D eigenvalue weighted by Gasteiger charge is -2.62. The minimum absolute atomic E-state index is 0.0984. The largest absolute Gasteiger partial charge is 0.493 e. The molecule has 1 heterocycles. The van der Waals surface area contributed by atoms with Gasteiger partial charge in [0.15, 0.2) is 0 Å². The van der Waals surface area contributed by atoms with E-state index in [1.54, 1.807) is 12.1 Å². The van der Waals surface area contributed by atoms with Crippen molar-refractivity contribution >= 4 is 16.9 Å². The number of hydrogen-bond donors (Lipinski definition) is 1. The van der Waals surface area contributed by atoms with Crippen LogP contribution in [0, 0.1) is 28.6 Å². The highest BCUT2D eigenvalue weighted by atomic mass is 16.5. The van der Waals surface area contributed by atoms with Crippen LogP contribution in [0.3, 0.4) is 0 Å². The molecule has 2 fully saturated rings. The summed E-state index contributed by atoms with van der Waals surface area (Å²) in [5, 5.41) is 12.3. The minimum atomic E-state index is -0.870. The van der Waals surface area contributed by atoms with Crippen molar-refractivity contribution < 1.29 is 23.8 Å². The summed E-state index contributed by atoms with van der Waals surface area (Å²) in [4.78, 5) is 24.2. The summed E-state index contributed by atoms with van der Waals surface area (Å²) in [7, 11) is 0. The predicted molar refractivity (Wildman–Crippen MR) is 135 cm³/mol. The van der Waals surface area contributed by atoms with Gasteiger partial charge in [0, 0.05) is 28.9 Å². The van der Waals surface area contributed by atoms with Gasteiger partial charge in [-0.25, -0.2) is 4.79 Å². The summed E-state index contributed by atoms with van der Waals surface area (Å²) in [5.74, 6) is 0.585. The third kappa shape index (κ3) is 4.74. The average molecular weight is 485 g/mol. The Morgan fingerprint density at radius 2 is 1.86 bits per heavy atom. The van der Waals surface area contributed by atoms with Gasteiger partial charge in [0.1, 0.15) is 17.4 Å². The van der Waals surface area contributed by atoms with E-state index in [0.29, 0.717) is 24.4 Å². The number of rotatable bonds is 6. The summed E-state index contributed by atoms with van der Waals surface area (Å²) in [6.45, 7) is 12.9. The summed E-state index contributed by atoms with van der Waals surface area (Å²) in [5.41, 5.74) is -1.16. The van der Waals surface area contributed by atoms with E-state index in [2.05, 4.69) is 20.8 Å². The van der Waals surface area contributed by atoms with Gasteiger partial charge in [-0.2, -0.15) is 0 Å². The highest BCUT2D eigenvalue weighted by Gasteiger charge is 2.61. The zero-order valence-corrected chi connectivity index (χ0v) is 21.9. The first kappa shape index (κ1) is 25.7. The molecule has 0 amide bonds. The molecule has 35 heavy (non-hydrogen) atoms. The fourth-order valence-corrected chi connectivity index (χ4v) is 6.82. The van der Waals surface area contributed by atoms with Crippen LogP contribution in [0.5, 0.6) is 5.75 Å². The van der Waals surface area contributed by atoms with Gasteiger partial charge in [0.05, 0.1) is 18.1 Å². The fourth-order valence-electron chi connectivity index (χ4n) is 6.82. The molecule has 1 N–H and O–H groups in total. The first-order valence-corrected chi connectivity index (χ1v) is 13.0. The van der Waals surface area contributed by atoms with Crippen molar-refractivity contribution in [2.45, 2.75) is 85.4 Å². The maximum atomic E-state index is 12.6. The number of aliphatic hydroxyl groups is 1. The van der Waals surface area contributed by atoms with E-state index in [0.717, 1.165) is 31.1 Å². The van der Waals surface area contributed by atoms with E-state index in [1.165, 1.54) is 6.07 Å². The van der Waals surface area contributed by atoms with Crippen molar-refractivity contribution in [1.82, 2.24) is 0 Å². The van der Waals surface area contributed by atoms with Crippen molar-refractivity contribution in [1.29, 1.82) is 0 Å². The summed E-state index contributed by atoms with van der Waals surface area (Å²) < 4.78 is 17.6. The third-order valence-corrected chi connectivity index (χ3v) is 9.24. The summed E-state index contributed by atoms with van der Waals surface area (Å²) in [6, 6.07) is 8.62. The van der Waals surface area contributed by atoms with Crippen LogP contribution in [0.1, 0.15) is 73.6 Å². The second-order valence-electron chi connectivity index (χ2n) is 11.9. The number of benzene rings is 1. The molecule has 6 heteroatoms. The standard InChI is InChI=1S/C29H40O6/c1-7-18(2)26(31)35-24-13-14-28(5)22(27(24,3)4)12-15-29(6,32)23(28)17-33-20-10-8-19-9-11-25(30)34-21(19)16-20/h8-11,16,18,22-24,32H,7,12-15,17H2,1-6H3. The molecule has 6 nitrogen and oxygen atoms in total. The molecule has 0 radical (unpaired) electrons. The number of esters is 1. The van der Waals surface area contributed by atoms with E-state index >= 15 is 0 Å². The second kappa shape index (κ2) is 9.27. The van der Waals surface area contributed by atoms with Gasteiger partial charge in [-0.1, -0.05) is 34.6 Å². The Morgan fingerprint density at radius 3 is 2.57 bits per heavy atom. The van der Waals surface area contributed by atoms with E-state index in [-0.39, 0.29) is 40.7 Å². The molecule has 1 aromatic heterocycles. The van der Waals surface area contributed by atoms with Crippen molar-refractivity contribution in [2.75, 3.05) is 6.61 Å². The summed E-state index contributed by atoms with van der Waals surface area (Å²) >= 11 is 0. The van der Waals surface area contributed by atoms with Gasteiger partial charge < -0.3 is 19.0 Å². The van der Waals surface area contributed by atoms with Crippen LogP contribution >= 0.6 is 0 Å². The van der Waals surface area contributed by atoms with Crippen molar-refractivity contribution in [2.24, 2.45) is 28.6 Å². The van der Waals surface area contributed by atoms with Gasteiger partial charge in [0.2, 0.25) is 0 Å². The van der Waals surface area contributed by atoms with Crippen LogP contribution in [0.4, 0.5) is 0 Å². The van der Waals surface area contributed by atoms with Gasteiger partial charge in [0.25, 0.3) is 0 Å². The maximum Gasteiger partial charge on any atom is 0.336 e. The molecule has 2 aromatic rings. The van der Waals surface area contributed by atoms with Crippen LogP contribution in [-0.2, 0) is 9.53 Å². The van der Waals surface area contributed by atoms with Crippen molar-refractivity contribution in [3.05, 3.63) is 40.8 Å². The molecule has 6 unspecified atom stereocenters. The Morgan fingerprint density at radius 1 is 1.14 bits per heavy atom. The van der Waals surface area contributed by atoms with Gasteiger partial charge in [-0.3, -0.25) is 4.79 Å². The van der Waals surface area contributed by atoms with Gasteiger partial charge in [-0.05, 0) is 68.6 Å². The van der Waals surface area contributed by atoms with Crippen LogP contribution in [0.2, 0.25) is 0 Å². The number of fused-ring (bicyclic) bond motifs is 2. The number of carbonyl (C=O) groups is 1. The monoisotopic (exact) mass is 484 g/mol. The molecular formula is C29H40O6. The number of hydrogen-bond acceptors (Lipinski definition) is 6. The van der Waals surface area contributed by atoms with E-state index < -0.39 is 11.2 Å². The Kier molecular flexibility index (Phi) is 6.82. The molecule has 0 bridgehead atoms. The van der Waals surface area contributed by atoms with E-state index in [1.807, 2.05) is 32.9 Å². The molecule has 1 aromatic carbocycles. The van der Waals surface area contributed by atoms with Gasteiger partial charge in [-0.15, -0.1) is 0 Å². The van der Waals surface area contributed by atoms with Gasteiger partial charge >= 0.3 is 11.6 Å². The smallest absolute Gasteiger partial charge is 0.336 e. The molecular weight excluding hydrogens is 444 g/mol. The molecule has 4 rings (SSSR count). The highest BCUT2D eigenvalue weighted by Crippen LogP contribution is 2.62. The normalized spacial score (nSPS) is 33.1. The lowest BCUT2D eigenvalue weighted by Crippen LogP contribution is -2.62. The summed E-state index contributed by atoms with van der Waals surface area (Å²) in [6.07, 6.45) is 3.82. The lowest BCUT2D eigenvalue weighted by molar-refractivity contribution is -0.213. The fraction of sp³-hybridized carbons (Fsp3) is 0.655. The number of carbonyl (C=O) groups excluding carboxylic acids is 1. The zero-order chi connectivity index (χ0) is 25.6. The highest BCUT2D eigenvalue weighted by molar-refractivity contribution is 5.77. The van der Waals surface area contributed by atoms with Crippen molar-refractivity contribution in [3.63, 3.8) is 0 Å². The van der Waals surface area contributed by atoms with Crippen LogP contribution < -0.4 is 10.4 Å². The predicted octanol–water partition coefficient (Wildman–Crippen LogP) is 5.73. The van der Waals surface area contributed by atoms with Crippen molar-refractivity contribution in [3.8, 4) is 5.75 Å². The Hall–Kier alpha value is -2.34.